The summed E-state index contributed by atoms with van der Waals surface area (Å²) in [6, 6.07) is 6.78. The number of likely N-dealkylation sites (N-methyl/N-ethyl adjacent to an activating group) is 1. The first kappa shape index (κ1) is 26.2. The summed E-state index contributed by atoms with van der Waals surface area (Å²) >= 11 is 0. The lowest BCUT2D eigenvalue weighted by Gasteiger charge is -2.37. The molecule has 0 saturated heterocycles. The fourth-order valence-corrected chi connectivity index (χ4v) is 3.87. The number of ether oxygens (including phenoxy) is 1. The molecule has 186 valence electrons. The first-order valence-electron chi connectivity index (χ1n) is 11.8. The van der Waals surface area contributed by atoms with Gasteiger partial charge in [-0.3, -0.25) is 9.59 Å². The van der Waals surface area contributed by atoms with Crippen LogP contribution in [0.3, 0.4) is 0 Å². The van der Waals surface area contributed by atoms with Gasteiger partial charge in [-0.15, -0.1) is 0 Å². The Morgan fingerprint density at radius 1 is 1.40 bits per heavy atom. The van der Waals surface area contributed by atoms with Crippen molar-refractivity contribution in [1.82, 2.24) is 14.8 Å². The number of fused-ring (bicyclic) bond motifs is 1. The number of unbranched alkanes of at least 4 members (excludes halogenated alkanes) is 1. The molecular weight excluding hydrogens is 449 g/mol. The van der Waals surface area contributed by atoms with Crippen LogP contribution < -0.4 is 4.74 Å². The van der Waals surface area contributed by atoms with Gasteiger partial charge in [0.25, 0.3) is 11.8 Å². The van der Waals surface area contributed by atoms with Crippen molar-refractivity contribution < 1.29 is 23.8 Å². The van der Waals surface area contributed by atoms with Gasteiger partial charge in [-0.2, -0.15) is 0 Å². The Hall–Kier alpha value is -3.44. The summed E-state index contributed by atoms with van der Waals surface area (Å²) in [5.41, 5.74) is 1.12. The van der Waals surface area contributed by atoms with Crippen LogP contribution in [0.2, 0.25) is 0 Å². The SMILES string of the molecule is CCCC#Cc1cnc2c(c1)C(=O)N([C@@H](C)CO)C[C@@H](C)[C@H](CN(C)C(=O)c1cccc(F)c1)O2. The van der Waals surface area contributed by atoms with E-state index in [-0.39, 0.29) is 47.9 Å². The van der Waals surface area contributed by atoms with E-state index in [1.165, 1.54) is 23.1 Å². The Bertz CT molecular complexity index is 1130. The number of aromatic nitrogens is 1. The Kier molecular flexibility index (Phi) is 8.83. The maximum atomic E-state index is 13.6. The molecule has 2 amide bonds. The number of nitrogens with zero attached hydrogens (tertiary/aromatic N) is 3. The number of hydrogen-bond donors (Lipinski definition) is 1. The third-order valence-corrected chi connectivity index (χ3v) is 6.00. The zero-order valence-corrected chi connectivity index (χ0v) is 20.6. The third-order valence-electron chi connectivity index (χ3n) is 6.00. The van der Waals surface area contributed by atoms with Crippen LogP contribution in [0.4, 0.5) is 4.39 Å². The Labute approximate surface area is 205 Å². The largest absolute Gasteiger partial charge is 0.472 e. The van der Waals surface area contributed by atoms with E-state index in [0.29, 0.717) is 12.1 Å². The zero-order chi connectivity index (χ0) is 25.5. The lowest BCUT2D eigenvalue weighted by atomic mass is 9.99. The fraction of sp³-hybridized carbons (Fsp3) is 0.444. The van der Waals surface area contributed by atoms with Crippen LogP contribution in [0, 0.1) is 23.6 Å². The highest BCUT2D eigenvalue weighted by Gasteiger charge is 2.34. The van der Waals surface area contributed by atoms with Crippen molar-refractivity contribution >= 4 is 11.8 Å². The summed E-state index contributed by atoms with van der Waals surface area (Å²) in [5, 5.41) is 9.79. The van der Waals surface area contributed by atoms with Crippen LogP contribution in [0.25, 0.3) is 0 Å². The average Bonchev–Trinajstić information content (AvgIpc) is 2.85. The topological polar surface area (TPSA) is 83.0 Å². The second kappa shape index (κ2) is 11.8. The predicted molar refractivity (Wildman–Crippen MR) is 131 cm³/mol. The van der Waals surface area contributed by atoms with E-state index in [1.54, 1.807) is 37.2 Å². The highest BCUT2D eigenvalue weighted by atomic mass is 19.1. The minimum absolute atomic E-state index is 0.161. The normalized spacial score (nSPS) is 18.3. The maximum Gasteiger partial charge on any atom is 0.259 e. The monoisotopic (exact) mass is 481 g/mol. The first-order valence-corrected chi connectivity index (χ1v) is 11.8. The van der Waals surface area contributed by atoms with Crippen molar-refractivity contribution in [2.45, 2.75) is 45.8 Å². The number of benzene rings is 1. The second-order valence-corrected chi connectivity index (χ2v) is 8.95. The number of hydrogen-bond acceptors (Lipinski definition) is 5. The van der Waals surface area contributed by atoms with Gasteiger partial charge >= 0.3 is 0 Å². The average molecular weight is 482 g/mol. The number of carbonyl (C=O) groups is 2. The van der Waals surface area contributed by atoms with Crippen molar-refractivity contribution in [3.63, 3.8) is 0 Å². The van der Waals surface area contributed by atoms with Gasteiger partial charge < -0.3 is 19.6 Å². The van der Waals surface area contributed by atoms with Gasteiger partial charge in [0.05, 0.1) is 19.2 Å². The summed E-state index contributed by atoms with van der Waals surface area (Å²) in [5.74, 6) is 4.95. The number of halogens is 1. The van der Waals surface area contributed by atoms with E-state index in [0.717, 1.165) is 12.8 Å². The van der Waals surface area contributed by atoms with Gasteiger partial charge in [-0.1, -0.05) is 31.8 Å². The molecule has 0 fully saturated rings. The molecular formula is C27H32FN3O4. The second-order valence-electron chi connectivity index (χ2n) is 8.95. The van der Waals surface area contributed by atoms with Gasteiger partial charge in [0.2, 0.25) is 5.88 Å². The first-order chi connectivity index (χ1) is 16.7. The summed E-state index contributed by atoms with van der Waals surface area (Å²) in [6.45, 7) is 6.06. The van der Waals surface area contributed by atoms with Crippen LogP contribution in [0.1, 0.15) is 59.9 Å². The maximum absolute atomic E-state index is 13.6. The van der Waals surface area contributed by atoms with Crippen molar-refractivity contribution in [2.24, 2.45) is 5.92 Å². The molecule has 0 aliphatic carbocycles. The Morgan fingerprint density at radius 3 is 2.86 bits per heavy atom. The number of carbonyl (C=O) groups excluding carboxylic acids is 2. The third kappa shape index (κ3) is 6.37. The van der Waals surface area contributed by atoms with Gasteiger partial charge in [-0.05, 0) is 37.6 Å². The quantitative estimate of drug-likeness (QED) is 0.640. The molecule has 1 aliphatic rings. The molecule has 2 heterocycles. The molecule has 0 bridgehead atoms. The molecule has 0 radical (unpaired) electrons. The molecule has 0 unspecified atom stereocenters. The Balaban J connectivity index is 1.93. The summed E-state index contributed by atoms with van der Waals surface area (Å²) < 4.78 is 19.8. The molecule has 1 aromatic heterocycles. The molecule has 7 nitrogen and oxygen atoms in total. The van der Waals surface area contributed by atoms with Crippen LogP contribution in [-0.4, -0.2) is 70.6 Å². The molecule has 3 atom stereocenters. The molecule has 3 rings (SSSR count). The van der Waals surface area contributed by atoms with Gasteiger partial charge in [0.1, 0.15) is 17.5 Å². The van der Waals surface area contributed by atoms with Gasteiger partial charge in [0, 0.05) is 43.3 Å². The minimum atomic E-state index is -0.498. The van der Waals surface area contributed by atoms with Crippen LogP contribution in [-0.2, 0) is 0 Å². The molecule has 1 aliphatic heterocycles. The summed E-state index contributed by atoms with van der Waals surface area (Å²) in [6.07, 6.45) is 2.73. The van der Waals surface area contributed by atoms with E-state index in [1.807, 2.05) is 13.8 Å². The predicted octanol–water partition coefficient (Wildman–Crippen LogP) is 3.36. The standard InChI is InChI=1S/C27H32FN3O4/c1-5-6-7-9-20-12-23-25(29-14-20)35-24(18(2)15-31(27(23)34)19(3)17-32)16-30(4)26(33)21-10-8-11-22(28)13-21/h8,10-14,18-19,24,32H,5-6,15-17H2,1-4H3/t18-,19+,24+/m1/s1. The smallest absolute Gasteiger partial charge is 0.259 e. The van der Waals surface area contributed by atoms with Crippen molar-refractivity contribution in [3.8, 4) is 17.7 Å². The lowest BCUT2D eigenvalue weighted by molar-refractivity contribution is 0.0313. The number of rotatable bonds is 6. The van der Waals surface area contributed by atoms with Gasteiger partial charge in [0.15, 0.2) is 0 Å². The fourth-order valence-electron chi connectivity index (χ4n) is 3.87. The number of aliphatic hydroxyl groups is 1. The van der Waals surface area contributed by atoms with Crippen molar-refractivity contribution in [3.05, 3.63) is 59.0 Å². The van der Waals surface area contributed by atoms with Gasteiger partial charge in [-0.25, -0.2) is 9.37 Å². The minimum Gasteiger partial charge on any atom is -0.472 e. The van der Waals surface area contributed by atoms with Crippen molar-refractivity contribution in [2.75, 3.05) is 26.7 Å². The lowest BCUT2D eigenvalue weighted by Crippen LogP contribution is -2.50. The molecule has 0 spiro atoms. The van der Waals surface area contributed by atoms with Crippen LogP contribution in [0.5, 0.6) is 5.88 Å². The van der Waals surface area contributed by atoms with E-state index < -0.39 is 18.0 Å². The number of amides is 2. The molecule has 0 saturated carbocycles. The van der Waals surface area contributed by atoms with Crippen LogP contribution >= 0.6 is 0 Å². The molecule has 1 aromatic carbocycles. The summed E-state index contributed by atoms with van der Waals surface area (Å²) in [4.78, 5) is 33.8. The number of aliphatic hydroxyl groups excluding tert-OH is 1. The van der Waals surface area contributed by atoms with E-state index in [9.17, 15) is 19.1 Å². The highest BCUT2D eigenvalue weighted by molar-refractivity contribution is 5.97. The highest BCUT2D eigenvalue weighted by Crippen LogP contribution is 2.27. The summed E-state index contributed by atoms with van der Waals surface area (Å²) in [7, 11) is 1.63. The van der Waals surface area contributed by atoms with E-state index in [4.69, 9.17) is 4.74 Å². The van der Waals surface area contributed by atoms with E-state index in [2.05, 4.69) is 16.8 Å². The Morgan fingerprint density at radius 2 is 2.17 bits per heavy atom. The molecule has 8 heteroatoms. The molecule has 1 N–H and O–H groups in total. The zero-order valence-electron chi connectivity index (χ0n) is 20.6. The van der Waals surface area contributed by atoms with Crippen LogP contribution in [0.15, 0.2) is 36.5 Å². The molecule has 2 aromatic rings. The molecule has 35 heavy (non-hydrogen) atoms. The van der Waals surface area contributed by atoms with E-state index >= 15 is 0 Å². The number of pyridine rings is 1. The van der Waals surface area contributed by atoms with Crippen molar-refractivity contribution in [1.29, 1.82) is 0 Å².